The molecule has 2 heterocycles. The lowest BCUT2D eigenvalue weighted by Gasteiger charge is -2.43. The van der Waals surface area contributed by atoms with Crippen LogP contribution >= 0.6 is 15.9 Å². The Bertz CT molecular complexity index is 932. The van der Waals surface area contributed by atoms with Crippen molar-refractivity contribution in [3.05, 3.63) is 63.9 Å². The van der Waals surface area contributed by atoms with Crippen LogP contribution in [0.5, 0.6) is 5.75 Å². The summed E-state index contributed by atoms with van der Waals surface area (Å²) in [4.78, 5) is 17.2. The minimum absolute atomic E-state index is 0.0497. The number of carbonyl (C=O) groups is 1. The van der Waals surface area contributed by atoms with E-state index in [4.69, 9.17) is 10.5 Å². The van der Waals surface area contributed by atoms with Crippen LogP contribution in [0.2, 0.25) is 0 Å². The second-order valence-electron chi connectivity index (χ2n) is 6.44. The van der Waals surface area contributed by atoms with E-state index in [1.807, 2.05) is 0 Å². The second kappa shape index (κ2) is 5.29. The number of hydrogen-bond donors (Lipinski definition) is 2. The van der Waals surface area contributed by atoms with Crippen LogP contribution < -0.4 is 15.8 Å². The fraction of sp³-hybridized carbons (Fsp3) is 0.222. The Balaban J connectivity index is 1.96. The van der Waals surface area contributed by atoms with E-state index in [1.165, 1.54) is 6.07 Å². The zero-order chi connectivity index (χ0) is 17.8. The normalized spacial score (nSPS) is 27.5. The van der Waals surface area contributed by atoms with E-state index in [2.05, 4.69) is 26.2 Å². The predicted octanol–water partition coefficient (Wildman–Crippen LogP) is 2.93. The van der Waals surface area contributed by atoms with Crippen LogP contribution in [0.4, 0.5) is 4.39 Å². The number of benzene rings is 2. The maximum atomic E-state index is 14.5. The van der Waals surface area contributed by atoms with Gasteiger partial charge in [0, 0.05) is 22.0 Å². The summed E-state index contributed by atoms with van der Waals surface area (Å²) in [5.41, 5.74) is 4.43. The van der Waals surface area contributed by atoms with Gasteiger partial charge < -0.3 is 10.5 Å². The quantitative estimate of drug-likeness (QED) is 0.768. The molecule has 1 amide bonds. The summed E-state index contributed by atoms with van der Waals surface area (Å²) in [5, 5.41) is 2.57. The van der Waals surface area contributed by atoms with Crippen molar-refractivity contribution in [2.24, 2.45) is 10.7 Å². The van der Waals surface area contributed by atoms with Gasteiger partial charge in [-0.15, -0.1) is 0 Å². The molecule has 0 saturated carbocycles. The molecule has 0 aliphatic carbocycles. The fourth-order valence-electron chi connectivity index (χ4n) is 3.62. The number of fused-ring (bicyclic) bond motifs is 2. The number of nitrogens with one attached hydrogen (secondary N) is 1. The van der Waals surface area contributed by atoms with Gasteiger partial charge >= 0.3 is 0 Å². The monoisotopic (exact) mass is 403 g/mol. The van der Waals surface area contributed by atoms with Crippen molar-refractivity contribution in [1.82, 2.24) is 5.32 Å². The summed E-state index contributed by atoms with van der Waals surface area (Å²) in [6.07, 6.45) is 0.136. The molecule has 4 rings (SSSR count). The number of ether oxygens (including phenoxy) is 1. The molecule has 2 aromatic rings. The van der Waals surface area contributed by atoms with Crippen LogP contribution in [0.1, 0.15) is 24.5 Å². The zero-order valence-electron chi connectivity index (χ0n) is 13.3. The maximum Gasteiger partial charge on any atom is 0.259 e. The number of nitrogens with two attached hydrogens (primary N) is 1. The minimum atomic E-state index is -1.25. The Kier molecular flexibility index (Phi) is 3.40. The molecule has 2 atom stereocenters. The van der Waals surface area contributed by atoms with Crippen LogP contribution in [0.25, 0.3) is 0 Å². The lowest BCUT2D eigenvalue weighted by atomic mass is 9.74. The Morgan fingerprint density at radius 1 is 1.28 bits per heavy atom. The van der Waals surface area contributed by atoms with Crippen molar-refractivity contribution >= 4 is 27.8 Å². The maximum absolute atomic E-state index is 14.5. The Morgan fingerprint density at radius 2 is 2.04 bits per heavy atom. The topological polar surface area (TPSA) is 76.7 Å². The van der Waals surface area contributed by atoms with Gasteiger partial charge in [0.15, 0.2) is 11.5 Å². The van der Waals surface area contributed by atoms with Crippen molar-refractivity contribution in [1.29, 1.82) is 0 Å². The van der Waals surface area contributed by atoms with Crippen LogP contribution in [-0.2, 0) is 15.9 Å². The van der Waals surface area contributed by atoms with Crippen LogP contribution in [0, 0.1) is 5.82 Å². The summed E-state index contributed by atoms with van der Waals surface area (Å²) >= 11 is 3.41. The van der Waals surface area contributed by atoms with Crippen molar-refractivity contribution in [3.8, 4) is 5.75 Å². The molecule has 0 radical (unpaired) electrons. The molecule has 25 heavy (non-hydrogen) atoms. The van der Waals surface area contributed by atoms with Gasteiger partial charge in [0.25, 0.3) is 5.91 Å². The van der Waals surface area contributed by atoms with Crippen LogP contribution in [0.3, 0.4) is 0 Å². The van der Waals surface area contributed by atoms with E-state index in [0.29, 0.717) is 16.9 Å². The van der Waals surface area contributed by atoms with E-state index in [0.717, 1.165) is 4.47 Å². The standard InChI is InChI=1S/C18H15BrFN3O2/c1-17(11-4-2-3-5-13(11)20)9-18(15(24)22-16(21)23-18)12-8-10(19)6-7-14(12)25-17/h2-8H,9H2,1H3,(H3,21,22,23,24)/t17-,18?/m1/s1. The van der Waals surface area contributed by atoms with Crippen LogP contribution in [0.15, 0.2) is 51.9 Å². The molecule has 1 spiro atoms. The van der Waals surface area contributed by atoms with Crippen molar-refractivity contribution in [2.75, 3.05) is 0 Å². The molecule has 0 bridgehead atoms. The number of hydrogen-bond acceptors (Lipinski definition) is 4. The molecule has 128 valence electrons. The Labute approximate surface area is 152 Å². The van der Waals surface area contributed by atoms with Crippen molar-refractivity contribution in [2.45, 2.75) is 24.5 Å². The molecular formula is C18H15BrFN3O2. The summed E-state index contributed by atoms with van der Waals surface area (Å²) in [6, 6.07) is 11.7. The van der Waals surface area contributed by atoms with Gasteiger partial charge in [0.2, 0.25) is 0 Å². The SMILES string of the molecule is C[C@]1(c2ccccc2F)CC2(N=C(N)NC2=O)c2cc(Br)ccc2O1. The molecular weight excluding hydrogens is 389 g/mol. The van der Waals surface area contributed by atoms with Gasteiger partial charge in [0.1, 0.15) is 17.2 Å². The summed E-state index contributed by atoms with van der Waals surface area (Å²) in [5.74, 6) is -0.200. The molecule has 2 aliphatic rings. The highest BCUT2D eigenvalue weighted by molar-refractivity contribution is 9.10. The third-order valence-corrected chi connectivity index (χ3v) is 5.18. The summed E-state index contributed by atoms with van der Waals surface area (Å²) < 4.78 is 21.4. The molecule has 0 aromatic heterocycles. The number of rotatable bonds is 1. The third-order valence-electron chi connectivity index (χ3n) is 4.69. The van der Waals surface area contributed by atoms with E-state index in [1.54, 1.807) is 43.3 Å². The van der Waals surface area contributed by atoms with E-state index in [-0.39, 0.29) is 18.3 Å². The summed E-state index contributed by atoms with van der Waals surface area (Å²) in [6.45, 7) is 1.76. The molecule has 1 unspecified atom stereocenters. The number of carbonyl (C=O) groups excluding carboxylic acids is 1. The van der Waals surface area contributed by atoms with E-state index < -0.39 is 17.0 Å². The largest absolute Gasteiger partial charge is 0.482 e. The second-order valence-corrected chi connectivity index (χ2v) is 7.36. The summed E-state index contributed by atoms with van der Waals surface area (Å²) in [7, 11) is 0. The van der Waals surface area contributed by atoms with Gasteiger partial charge in [-0.25, -0.2) is 9.38 Å². The highest BCUT2D eigenvalue weighted by atomic mass is 79.9. The number of aliphatic imine (C=N–C) groups is 1. The first kappa shape index (κ1) is 16.1. The first-order chi connectivity index (χ1) is 11.8. The first-order valence-corrected chi connectivity index (χ1v) is 8.54. The van der Waals surface area contributed by atoms with Gasteiger partial charge in [-0.1, -0.05) is 34.1 Å². The molecule has 2 aromatic carbocycles. The van der Waals surface area contributed by atoms with Gasteiger partial charge in [-0.2, -0.15) is 0 Å². The van der Waals surface area contributed by atoms with Crippen LogP contribution in [-0.4, -0.2) is 11.9 Å². The minimum Gasteiger partial charge on any atom is -0.482 e. The number of nitrogens with zero attached hydrogens (tertiary/aromatic N) is 1. The highest BCUT2D eigenvalue weighted by Gasteiger charge is 2.56. The number of halogens is 2. The van der Waals surface area contributed by atoms with Gasteiger partial charge in [-0.05, 0) is 31.2 Å². The molecule has 0 saturated heterocycles. The molecule has 5 nitrogen and oxygen atoms in total. The number of guanidine groups is 1. The lowest BCUT2D eigenvalue weighted by Crippen LogP contribution is -2.49. The molecule has 0 fully saturated rings. The zero-order valence-corrected chi connectivity index (χ0v) is 14.9. The first-order valence-electron chi connectivity index (χ1n) is 7.75. The Hall–Kier alpha value is -2.41. The van der Waals surface area contributed by atoms with Gasteiger partial charge in [-0.3, -0.25) is 10.1 Å². The lowest BCUT2D eigenvalue weighted by molar-refractivity contribution is -0.127. The average Bonchev–Trinajstić information content (AvgIpc) is 2.82. The average molecular weight is 404 g/mol. The van der Waals surface area contributed by atoms with Crippen molar-refractivity contribution < 1.29 is 13.9 Å². The predicted molar refractivity (Wildman–Crippen MR) is 94.6 cm³/mol. The smallest absolute Gasteiger partial charge is 0.259 e. The third kappa shape index (κ3) is 2.33. The van der Waals surface area contributed by atoms with Crippen molar-refractivity contribution in [3.63, 3.8) is 0 Å². The molecule has 2 aliphatic heterocycles. The fourth-order valence-corrected chi connectivity index (χ4v) is 3.98. The highest BCUT2D eigenvalue weighted by Crippen LogP contribution is 2.51. The molecule has 7 heteroatoms. The number of amides is 1. The Morgan fingerprint density at radius 3 is 2.72 bits per heavy atom. The van der Waals surface area contributed by atoms with E-state index in [9.17, 15) is 9.18 Å². The van der Waals surface area contributed by atoms with E-state index >= 15 is 0 Å². The van der Waals surface area contributed by atoms with Gasteiger partial charge in [0.05, 0.1) is 0 Å². The molecule has 3 N–H and O–H groups in total.